The van der Waals surface area contributed by atoms with E-state index in [9.17, 15) is 5.11 Å². The number of aliphatic hydroxyl groups is 2. The van der Waals surface area contributed by atoms with Crippen molar-refractivity contribution in [3.05, 3.63) is 94.0 Å². The van der Waals surface area contributed by atoms with Gasteiger partial charge in [-0.3, -0.25) is 4.90 Å². The number of halogens is 1. The Kier molecular flexibility index (Phi) is 8.17. The highest BCUT2D eigenvalue weighted by Gasteiger charge is 2.34. The quantitative estimate of drug-likeness (QED) is 0.463. The maximum Gasteiger partial charge on any atom is 0.121 e. The van der Waals surface area contributed by atoms with Gasteiger partial charge in [0, 0.05) is 32.2 Å². The number of piperazine rings is 1. The van der Waals surface area contributed by atoms with Crippen molar-refractivity contribution in [2.24, 2.45) is 0 Å². The van der Waals surface area contributed by atoms with Gasteiger partial charge in [0.15, 0.2) is 0 Å². The maximum atomic E-state index is 11.3. The van der Waals surface area contributed by atoms with Crippen LogP contribution in [-0.2, 0) is 5.60 Å². The van der Waals surface area contributed by atoms with Crippen LogP contribution in [0.3, 0.4) is 0 Å². The highest BCUT2D eigenvalue weighted by molar-refractivity contribution is 6.33. The largest absolute Gasteiger partial charge is 0.491 e. The van der Waals surface area contributed by atoms with E-state index < -0.39 is 5.60 Å². The Labute approximate surface area is 217 Å². The third-order valence-corrected chi connectivity index (χ3v) is 6.99. The van der Waals surface area contributed by atoms with Gasteiger partial charge in [0.2, 0.25) is 0 Å². The molecular formula is C29H32ClN3O3. The average molecular weight is 506 g/mol. The van der Waals surface area contributed by atoms with Crippen molar-refractivity contribution in [2.45, 2.75) is 25.5 Å². The lowest BCUT2D eigenvalue weighted by molar-refractivity contribution is 0.0103. The van der Waals surface area contributed by atoms with Crippen molar-refractivity contribution in [2.75, 3.05) is 44.3 Å². The van der Waals surface area contributed by atoms with E-state index in [1.165, 1.54) is 11.1 Å². The third-order valence-electron chi connectivity index (χ3n) is 6.68. The Morgan fingerprint density at radius 2 is 1.81 bits per heavy atom. The molecule has 2 atom stereocenters. The maximum absolute atomic E-state index is 11.3. The summed E-state index contributed by atoms with van der Waals surface area (Å²) in [5.41, 5.74) is 3.61. The highest BCUT2D eigenvalue weighted by atomic mass is 35.5. The molecule has 4 rings (SSSR count). The molecule has 6 nitrogen and oxygen atoms in total. The van der Waals surface area contributed by atoms with Crippen LogP contribution in [0, 0.1) is 18.3 Å². The van der Waals surface area contributed by atoms with Gasteiger partial charge in [-0.25, -0.2) is 0 Å². The summed E-state index contributed by atoms with van der Waals surface area (Å²) >= 11 is 6.71. The number of anilines is 1. The molecular weight excluding hydrogens is 474 g/mol. The minimum Gasteiger partial charge on any atom is -0.491 e. The number of aryl methyl sites for hydroxylation is 1. The predicted octanol–water partition coefficient (Wildman–Crippen LogP) is 4.66. The molecule has 1 saturated heterocycles. The summed E-state index contributed by atoms with van der Waals surface area (Å²) in [5, 5.41) is 30.1. The number of ether oxygens (including phenoxy) is 1. The van der Waals surface area contributed by atoms with Crippen molar-refractivity contribution >= 4 is 17.3 Å². The van der Waals surface area contributed by atoms with Crippen LogP contribution in [0.4, 0.5) is 5.69 Å². The van der Waals surface area contributed by atoms with Gasteiger partial charge in [-0.2, -0.15) is 5.26 Å². The van der Waals surface area contributed by atoms with Crippen LogP contribution >= 0.6 is 11.6 Å². The minimum absolute atomic E-state index is 0.0397. The normalized spacial score (nSPS) is 17.9. The summed E-state index contributed by atoms with van der Waals surface area (Å²) in [5.74, 6) is 0.627. The predicted molar refractivity (Wildman–Crippen MR) is 142 cm³/mol. The number of hydrogen-bond donors (Lipinski definition) is 2. The molecule has 0 saturated carbocycles. The molecule has 36 heavy (non-hydrogen) atoms. The van der Waals surface area contributed by atoms with Crippen LogP contribution in [0.2, 0.25) is 5.02 Å². The Bertz CT molecular complexity index is 1210. The Morgan fingerprint density at radius 3 is 2.44 bits per heavy atom. The van der Waals surface area contributed by atoms with Crippen molar-refractivity contribution in [3.63, 3.8) is 0 Å². The molecule has 188 valence electrons. The Balaban J connectivity index is 1.58. The third kappa shape index (κ3) is 6.00. The summed E-state index contributed by atoms with van der Waals surface area (Å²) < 4.78 is 5.52. The molecule has 1 aliphatic rings. The number of hydrogen-bond acceptors (Lipinski definition) is 6. The first kappa shape index (κ1) is 26.0. The SMILES string of the molecule is Cc1ccc([C@@H]2CN(C[C@@](C)(O)c3ccc(C#N)cc3)CCN2c2ccc(OCCO)cc2Cl)cc1. The van der Waals surface area contributed by atoms with Crippen molar-refractivity contribution in [3.8, 4) is 11.8 Å². The summed E-state index contributed by atoms with van der Waals surface area (Å²) in [6.45, 7) is 6.75. The van der Waals surface area contributed by atoms with Gasteiger partial charge in [-0.05, 0) is 49.2 Å². The zero-order chi connectivity index (χ0) is 25.7. The van der Waals surface area contributed by atoms with E-state index in [-0.39, 0.29) is 19.3 Å². The number of nitrogens with zero attached hydrogens (tertiary/aromatic N) is 3. The van der Waals surface area contributed by atoms with Gasteiger partial charge >= 0.3 is 0 Å². The second-order valence-electron chi connectivity index (χ2n) is 9.50. The second kappa shape index (κ2) is 11.3. The smallest absolute Gasteiger partial charge is 0.121 e. The lowest BCUT2D eigenvalue weighted by atomic mass is 9.93. The van der Waals surface area contributed by atoms with Gasteiger partial charge in [-0.1, -0.05) is 53.6 Å². The van der Waals surface area contributed by atoms with Crippen LogP contribution in [-0.4, -0.2) is 54.5 Å². The van der Waals surface area contributed by atoms with Crippen molar-refractivity contribution in [1.29, 1.82) is 5.26 Å². The standard InChI is InChI=1S/C29H32ClN3O3/c1-21-3-7-23(8-4-21)28-19-32(20-29(2,35)24-9-5-22(18-31)6-10-24)13-14-33(28)27-12-11-25(17-26(27)30)36-16-15-34/h3-12,17,28,34-35H,13-16,19-20H2,1-2H3/t28-,29+/m0/s1. The Morgan fingerprint density at radius 1 is 1.08 bits per heavy atom. The lowest BCUT2D eigenvalue weighted by Gasteiger charge is -2.45. The van der Waals surface area contributed by atoms with E-state index in [0.717, 1.165) is 24.3 Å². The molecule has 2 N–H and O–H groups in total. The number of nitriles is 1. The molecule has 0 amide bonds. The first-order valence-corrected chi connectivity index (χ1v) is 12.5. The van der Waals surface area contributed by atoms with Crippen molar-refractivity contribution in [1.82, 2.24) is 4.90 Å². The molecule has 7 heteroatoms. The van der Waals surface area contributed by atoms with Crippen LogP contribution in [0.15, 0.2) is 66.7 Å². The molecule has 0 aliphatic carbocycles. The summed E-state index contributed by atoms with van der Waals surface area (Å²) in [4.78, 5) is 4.60. The van der Waals surface area contributed by atoms with E-state index in [1.54, 1.807) is 18.2 Å². The van der Waals surface area contributed by atoms with Crippen LogP contribution < -0.4 is 9.64 Å². The van der Waals surface area contributed by atoms with E-state index in [1.807, 2.05) is 31.2 Å². The topological polar surface area (TPSA) is 80.0 Å². The molecule has 0 bridgehead atoms. The molecule has 1 fully saturated rings. The number of β-amino-alcohol motifs (C(OH)–C–C–N with tert-alkyl or cyclic N) is 1. The van der Waals surface area contributed by atoms with Gasteiger partial charge < -0.3 is 19.8 Å². The zero-order valence-electron chi connectivity index (χ0n) is 20.7. The summed E-state index contributed by atoms with van der Waals surface area (Å²) in [6, 6.07) is 23.5. The molecule has 0 radical (unpaired) electrons. The fourth-order valence-electron chi connectivity index (χ4n) is 4.75. The van der Waals surface area contributed by atoms with E-state index >= 15 is 0 Å². The van der Waals surface area contributed by atoms with Gasteiger partial charge in [-0.15, -0.1) is 0 Å². The van der Waals surface area contributed by atoms with Crippen LogP contribution in [0.5, 0.6) is 5.75 Å². The van der Waals surface area contributed by atoms with E-state index in [0.29, 0.717) is 29.4 Å². The molecule has 1 aliphatic heterocycles. The van der Waals surface area contributed by atoms with Gasteiger partial charge in [0.05, 0.1) is 40.6 Å². The molecule has 3 aromatic rings. The zero-order valence-corrected chi connectivity index (χ0v) is 21.4. The van der Waals surface area contributed by atoms with Crippen LogP contribution in [0.25, 0.3) is 0 Å². The van der Waals surface area contributed by atoms with Crippen LogP contribution in [0.1, 0.15) is 35.2 Å². The summed E-state index contributed by atoms with van der Waals surface area (Å²) in [7, 11) is 0. The second-order valence-corrected chi connectivity index (χ2v) is 9.91. The number of benzene rings is 3. The highest BCUT2D eigenvalue weighted by Crippen LogP contribution is 2.38. The fraction of sp³-hybridized carbons (Fsp3) is 0.345. The molecule has 0 spiro atoms. The van der Waals surface area contributed by atoms with Gasteiger partial charge in [0.25, 0.3) is 0 Å². The first-order chi connectivity index (χ1) is 17.3. The minimum atomic E-state index is -1.06. The van der Waals surface area contributed by atoms with E-state index in [4.69, 9.17) is 26.7 Å². The Hall–Kier alpha value is -3.08. The summed E-state index contributed by atoms with van der Waals surface area (Å²) in [6.07, 6.45) is 0. The number of rotatable bonds is 8. The molecule has 0 unspecified atom stereocenters. The van der Waals surface area contributed by atoms with Gasteiger partial charge in [0.1, 0.15) is 12.4 Å². The fourth-order valence-corrected chi connectivity index (χ4v) is 5.03. The van der Waals surface area contributed by atoms with Crippen molar-refractivity contribution < 1.29 is 14.9 Å². The average Bonchev–Trinajstić information content (AvgIpc) is 2.88. The molecule has 3 aromatic carbocycles. The number of aliphatic hydroxyl groups excluding tert-OH is 1. The van der Waals surface area contributed by atoms with E-state index in [2.05, 4.69) is 47.1 Å². The lowest BCUT2D eigenvalue weighted by Crippen LogP contribution is -2.52. The monoisotopic (exact) mass is 505 g/mol. The molecule has 1 heterocycles. The molecule has 0 aromatic heterocycles. The first-order valence-electron chi connectivity index (χ1n) is 12.1.